The van der Waals surface area contributed by atoms with Gasteiger partial charge in [-0.25, -0.2) is 0 Å². The Labute approximate surface area is 139 Å². The SMILES string of the molecule is Cl.O=C(NC1CCN(C(=O)CCC2CCCN2)CC1)C1CC1. The van der Waals surface area contributed by atoms with Crippen molar-refractivity contribution >= 4 is 24.2 Å². The number of nitrogens with zero attached hydrogens (tertiary/aromatic N) is 1. The van der Waals surface area contributed by atoms with Gasteiger partial charge in [-0.15, -0.1) is 12.4 Å². The van der Waals surface area contributed by atoms with Crippen LogP contribution in [0.3, 0.4) is 0 Å². The van der Waals surface area contributed by atoms with E-state index in [2.05, 4.69) is 10.6 Å². The number of hydrogen-bond donors (Lipinski definition) is 2. The van der Waals surface area contributed by atoms with Gasteiger partial charge < -0.3 is 15.5 Å². The molecule has 2 aliphatic heterocycles. The fraction of sp³-hybridized carbons (Fsp3) is 0.875. The maximum absolute atomic E-state index is 12.2. The van der Waals surface area contributed by atoms with Crippen molar-refractivity contribution in [2.45, 2.75) is 63.5 Å². The van der Waals surface area contributed by atoms with Gasteiger partial charge >= 0.3 is 0 Å². The first-order valence-corrected chi connectivity index (χ1v) is 8.54. The highest BCUT2D eigenvalue weighted by Crippen LogP contribution is 2.29. The zero-order chi connectivity index (χ0) is 14.7. The van der Waals surface area contributed by atoms with Crippen molar-refractivity contribution in [1.29, 1.82) is 0 Å². The van der Waals surface area contributed by atoms with Gasteiger partial charge in [0.2, 0.25) is 11.8 Å². The molecule has 126 valence electrons. The molecule has 2 amide bonds. The number of carbonyl (C=O) groups is 2. The maximum Gasteiger partial charge on any atom is 0.223 e. The summed E-state index contributed by atoms with van der Waals surface area (Å²) in [5.74, 6) is 0.798. The van der Waals surface area contributed by atoms with E-state index in [0.29, 0.717) is 12.5 Å². The van der Waals surface area contributed by atoms with Crippen molar-refractivity contribution in [3.63, 3.8) is 0 Å². The molecule has 0 bridgehead atoms. The number of likely N-dealkylation sites (tertiary alicyclic amines) is 1. The molecule has 1 aliphatic carbocycles. The fourth-order valence-electron chi connectivity index (χ4n) is 3.40. The van der Waals surface area contributed by atoms with Gasteiger partial charge in [0.05, 0.1) is 0 Å². The Balaban J connectivity index is 0.00000176. The van der Waals surface area contributed by atoms with Crippen LogP contribution >= 0.6 is 12.4 Å². The van der Waals surface area contributed by atoms with E-state index in [0.717, 1.165) is 51.7 Å². The lowest BCUT2D eigenvalue weighted by Gasteiger charge is -2.32. The largest absolute Gasteiger partial charge is 0.353 e. The molecule has 3 rings (SSSR count). The van der Waals surface area contributed by atoms with Crippen molar-refractivity contribution in [2.75, 3.05) is 19.6 Å². The van der Waals surface area contributed by atoms with Crippen molar-refractivity contribution < 1.29 is 9.59 Å². The first-order valence-electron chi connectivity index (χ1n) is 8.54. The number of nitrogens with one attached hydrogen (secondary N) is 2. The Bertz CT molecular complexity index is 387. The van der Waals surface area contributed by atoms with Crippen molar-refractivity contribution in [3.05, 3.63) is 0 Å². The van der Waals surface area contributed by atoms with E-state index in [1.165, 1.54) is 12.8 Å². The minimum atomic E-state index is 0. The smallest absolute Gasteiger partial charge is 0.223 e. The molecular weight excluding hydrogens is 302 g/mol. The summed E-state index contributed by atoms with van der Waals surface area (Å²) in [4.78, 5) is 25.9. The third-order valence-corrected chi connectivity index (χ3v) is 5.01. The highest BCUT2D eigenvalue weighted by Gasteiger charge is 2.32. The Morgan fingerprint density at radius 1 is 1.09 bits per heavy atom. The molecule has 2 saturated heterocycles. The summed E-state index contributed by atoms with van der Waals surface area (Å²) in [6.07, 6.45) is 8.01. The van der Waals surface area contributed by atoms with E-state index < -0.39 is 0 Å². The van der Waals surface area contributed by atoms with Crippen molar-refractivity contribution in [3.8, 4) is 0 Å². The quantitative estimate of drug-likeness (QED) is 0.802. The predicted molar refractivity (Wildman–Crippen MR) is 88.0 cm³/mol. The van der Waals surface area contributed by atoms with Gasteiger partial charge in [0.1, 0.15) is 0 Å². The molecule has 22 heavy (non-hydrogen) atoms. The summed E-state index contributed by atoms with van der Waals surface area (Å²) in [7, 11) is 0. The van der Waals surface area contributed by atoms with Gasteiger partial charge in [-0.1, -0.05) is 0 Å². The second kappa shape index (κ2) is 8.16. The number of amides is 2. The number of halogens is 1. The minimum Gasteiger partial charge on any atom is -0.353 e. The summed E-state index contributed by atoms with van der Waals surface area (Å²) in [5, 5.41) is 6.57. The second-order valence-electron chi connectivity index (χ2n) is 6.77. The molecule has 0 spiro atoms. The molecule has 5 nitrogen and oxygen atoms in total. The summed E-state index contributed by atoms with van der Waals surface area (Å²) in [6.45, 7) is 2.70. The van der Waals surface area contributed by atoms with Crippen LogP contribution in [0.4, 0.5) is 0 Å². The predicted octanol–water partition coefficient (Wildman–Crippen LogP) is 1.46. The highest BCUT2D eigenvalue weighted by molar-refractivity contribution is 5.85. The number of rotatable bonds is 5. The van der Waals surface area contributed by atoms with E-state index >= 15 is 0 Å². The molecule has 0 aromatic heterocycles. The van der Waals surface area contributed by atoms with Crippen molar-refractivity contribution in [1.82, 2.24) is 15.5 Å². The van der Waals surface area contributed by atoms with Crippen LogP contribution in [0, 0.1) is 5.92 Å². The number of piperidine rings is 1. The van der Waals surface area contributed by atoms with E-state index in [1.807, 2.05) is 4.90 Å². The molecule has 2 N–H and O–H groups in total. The zero-order valence-corrected chi connectivity index (χ0v) is 14.0. The lowest BCUT2D eigenvalue weighted by molar-refractivity contribution is -0.132. The molecule has 1 unspecified atom stereocenters. The van der Waals surface area contributed by atoms with Gasteiger partial charge in [0.15, 0.2) is 0 Å². The van der Waals surface area contributed by atoms with Crippen LogP contribution in [0.2, 0.25) is 0 Å². The van der Waals surface area contributed by atoms with Gasteiger partial charge in [0, 0.05) is 37.5 Å². The van der Waals surface area contributed by atoms with Gasteiger partial charge in [-0.05, 0) is 51.5 Å². The van der Waals surface area contributed by atoms with Crippen LogP contribution < -0.4 is 10.6 Å². The molecule has 1 atom stereocenters. The van der Waals surface area contributed by atoms with Crippen LogP contribution in [0.15, 0.2) is 0 Å². The Morgan fingerprint density at radius 3 is 2.41 bits per heavy atom. The molecule has 3 aliphatic rings. The summed E-state index contributed by atoms with van der Waals surface area (Å²) in [6, 6.07) is 0.822. The molecule has 0 radical (unpaired) electrons. The van der Waals surface area contributed by atoms with Crippen molar-refractivity contribution in [2.24, 2.45) is 5.92 Å². The molecule has 6 heteroatoms. The molecule has 0 aromatic rings. The molecular formula is C16H28ClN3O2. The topological polar surface area (TPSA) is 61.4 Å². The van der Waals surface area contributed by atoms with Crippen LogP contribution in [0.25, 0.3) is 0 Å². The third-order valence-electron chi connectivity index (χ3n) is 5.01. The molecule has 1 saturated carbocycles. The summed E-state index contributed by atoms with van der Waals surface area (Å²) in [5.41, 5.74) is 0. The second-order valence-corrected chi connectivity index (χ2v) is 6.77. The summed E-state index contributed by atoms with van der Waals surface area (Å²) < 4.78 is 0. The molecule has 2 heterocycles. The average Bonchev–Trinajstić information content (AvgIpc) is 3.23. The van der Waals surface area contributed by atoms with Crippen LogP contribution in [-0.2, 0) is 9.59 Å². The van der Waals surface area contributed by atoms with E-state index in [9.17, 15) is 9.59 Å². The standard InChI is InChI=1S/C16H27N3O2.ClH/c20-15(6-5-13-2-1-9-17-13)19-10-7-14(8-11-19)18-16(21)12-3-4-12;/h12-14,17H,1-11H2,(H,18,21);1H. The number of hydrogen-bond acceptors (Lipinski definition) is 3. The molecule has 0 aromatic carbocycles. The third kappa shape index (κ3) is 4.85. The fourth-order valence-corrected chi connectivity index (χ4v) is 3.40. The first-order chi connectivity index (χ1) is 10.2. The first kappa shape index (κ1) is 17.5. The maximum atomic E-state index is 12.2. The lowest BCUT2D eigenvalue weighted by atomic mass is 10.0. The Morgan fingerprint density at radius 2 is 1.82 bits per heavy atom. The zero-order valence-electron chi connectivity index (χ0n) is 13.2. The van der Waals surface area contributed by atoms with Gasteiger partial charge in [-0.3, -0.25) is 9.59 Å². The summed E-state index contributed by atoms with van der Waals surface area (Å²) >= 11 is 0. The normalized spacial score (nSPS) is 25.6. The Kier molecular flexibility index (Phi) is 6.50. The average molecular weight is 330 g/mol. The highest BCUT2D eigenvalue weighted by atomic mass is 35.5. The minimum absolute atomic E-state index is 0. The van der Waals surface area contributed by atoms with Crippen LogP contribution in [0.1, 0.15) is 51.4 Å². The Hall–Kier alpha value is -0.810. The van der Waals surface area contributed by atoms with Gasteiger partial charge in [-0.2, -0.15) is 0 Å². The van der Waals surface area contributed by atoms with Crippen LogP contribution in [0.5, 0.6) is 0 Å². The van der Waals surface area contributed by atoms with Crippen LogP contribution in [-0.4, -0.2) is 48.4 Å². The number of carbonyl (C=O) groups excluding carboxylic acids is 2. The van der Waals surface area contributed by atoms with E-state index in [-0.39, 0.29) is 36.2 Å². The monoisotopic (exact) mass is 329 g/mol. The lowest BCUT2D eigenvalue weighted by Crippen LogP contribution is -2.47. The molecule has 3 fully saturated rings. The van der Waals surface area contributed by atoms with E-state index in [4.69, 9.17) is 0 Å². The van der Waals surface area contributed by atoms with Gasteiger partial charge in [0.25, 0.3) is 0 Å². The van der Waals surface area contributed by atoms with E-state index in [1.54, 1.807) is 0 Å².